The molecule has 1 aliphatic rings. The fourth-order valence-electron chi connectivity index (χ4n) is 3.43. The van der Waals surface area contributed by atoms with Crippen molar-refractivity contribution in [2.75, 3.05) is 0 Å². The number of hydrogen-bond acceptors (Lipinski definition) is 6. The zero-order valence-electron chi connectivity index (χ0n) is 18.2. The molecule has 1 aromatic carbocycles. The van der Waals surface area contributed by atoms with E-state index in [2.05, 4.69) is 0 Å². The third-order valence-corrected chi connectivity index (χ3v) is 6.36. The van der Waals surface area contributed by atoms with Gasteiger partial charge in [-0.25, -0.2) is 4.98 Å². The maximum absolute atomic E-state index is 13.0. The first kappa shape index (κ1) is 22.4. The molecule has 30 heavy (non-hydrogen) atoms. The largest absolute Gasteiger partial charge is 0.430 e. The first-order chi connectivity index (χ1) is 14.2. The first-order valence-corrected chi connectivity index (χ1v) is 11.1. The molecule has 0 saturated heterocycles. The van der Waals surface area contributed by atoms with Gasteiger partial charge in [-0.2, -0.15) is 0 Å². The summed E-state index contributed by atoms with van der Waals surface area (Å²) in [6.07, 6.45) is 1.91. The predicted octanol–water partition coefficient (Wildman–Crippen LogP) is 5.30. The molecule has 0 aliphatic heterocycles. The zero-order chi connectivity index (χ0) is 22.1. The van der Waals surface area contributed by atoms with E-state index < -0.39 is 5.41 Å². The summed E-state index contributed by atoms with van der Waals surface area (Å²) < 4.78 is 5.85. The normalized spacial score (nSPS) is 17.4. The maximum Gasteiger partial charge on any atom is 0.316 e. The first-order valence-electron chi connectivity index (χ1n) is 10.3. The van der Waals surface area contributed by atoms with E-state index in [1.807, 2.05) is 58.9 Å². The molecule has 3 rings (SSSR count). The third kappa shape index (κ3) is 4.55. The lowest BCUT2D eigenvalue weighted by Crippen LogP contribution is -2.28. The van der Waals surface area contributed by atoms with Crippen LogP contribution in [0.15, 0.2) is 30.0 Å². The molecule has 6 heteroatoms. The third-order valence-electron chi connectivity index (χ3n) is 5.34. The molecule has 0 radical (unpaired) electrons. The van der Waals surface area contributed by atoms with Crippen LogP contribution in [0.5, 0.6) is 0 Å². The molecule has 2 aromatic rings. The highest BCUT2D eigenvalue weighted by Gasteiger charge is 2.36. The Balaban J connectivity index is 2.09. The van der Waals surface area contributed by atoms with Gasteiger partial charge in [0.25, 0.3) is 0 Å². The Morgan fingerprint density at radius 1 is 1.27 bits per heavy atom. The van der Waals surface area contributed by atoms with Crippen molar-refractivity contribution in [3.63, 3.8) is 0 Å². The van der Waals surface area contributed by atoms with Gasteiger partial charge in [0.15, 0.2) is 5.78 Å². The summed E-state index contributed by atoms with van der Waals surface area (Å²) in [4.78, 5) is 31.3. The Morgan fingerprint density at radius 3 is 2.50 bits per heavy atom. The summed E-state index contributed by atoms with van der Waals surface area (Å²) in [6.45, 7) is 9.41. The number of ketones is 1. The molecule has 0 spiro atoms. The Morgan fingerprint density at radius 2 is 1.93 bits per heavy atom. The van der Waals surface area contributed by atoms with Gasteiger partial charge in [-0.05, 0) is 46.1 Å². The van der Waals surface area contributed by atoms with Crippen molar-refractivity contribution in [2.45, 2.75) is 60.5 Å². The minimum absolute atomic E-state index is 0.00920. The molecule has 1 heterocycles. The molecule has 0 bridgehead atoms. The minimum atomic E-state index is -0.659. The number of aromatic nitrogens is 1. The number of aliphatic hydroxyl groups is 1. The number of benzene rings is 1. The van der Waals surface area contributed by atoms with E-state index in [1.165, 1.54) is 11.3 Å². The second-order valence-electron chi connectivity index (χ2n) is 8.72. The van der Waals surface area contributed by atoms with Crippen LogP contribution in [0.2, 0.25) is 0 Å². The fraction of sp³-hybridized carbons (Fsp3) is 0.458. The molecule has 1 aliphatic carbocycles. The number of nitrogens with zero attached hydrogens (tertiary/aromatic N) is 1. The second kappa shape index (κ2) is 8.82. The fourth-order valence-corrected chi connectivity index (χ4v) is 4.36. The second-order valence-corrected chi connectivity index (χ2v) is 9.93. The molecule has 1 atom stereocenters. The molecule has 0 saturated carbocycles. The summed E-state index contributed by atoms with van der Waals surface area (Å²) in [6, 6.07) is 7.56. The lowest BCUT2D eigenvalue weighted by molar-refractivity contribution is -0.149. The summed E-state index contributed by atoms with van der Waals surface area (Å²) in [5.41, 5.74) is 2.17. The van der Waals surface area contributed by atoms with Crippen LogP contribution in [-0.2, 0) is 20.9 Å². The molecule has 160 valence electrons. The lowest BCUT2D eigenvalue weighted by atomic mass is 9.84. The number of carbonyl (C=O) groups excluding carboxylic acids is 2. The van der Waals surface area contributed by atoms with Crippen LogP contribution in [0.25, 0.3) is 16.1 Å². The molecular weight excluding hydrogens is 398 g/mol. The number of rotatable bonds is 5. The number of hydrogen-bond donors (Lipinski definition) is 1. The van der Waals surface area contributed by atoms with Crippen molar-refractivity contribution < 1.29 is 19.4 Å². The van der Waals surface area contributed by atoms with Gasteiger partial charge in [0.05, 0.1) is 23.3 Å². The maximum atomic E-state index is 13.0. The van der Waals surface area contributed by atoms with E-state index in [-0.39, 0.29) is 24.3 Å². The van der Waals surface area contributed by atoms with Crippen LogP contribution in [0.4, 0.5) is 0 Å². The summed E-state index contributed by atoms with van der Waals surface area (Å²) in [7, 11) is 0. The number of aryl methyl sites for hydroxylation is 1. The summed E-state index contributed by atoms with van der Waals surface area (Å²) in [5, 5.41) is 10.1. The zero-order valence-corrected chi connectivity index (χ0v) is 19.1. The van der Waals surface area contributed by atoms with Crippen molar-refractivity contribution in [1.29, 1.82) is 0 Å². The lowest BCUT2D eigenvalue weighted by Gasteiger charge is -2.28. The highest BCUT2D eigenvalue weighted by Crippen LogP contribution is 2.40. The molecule has 0 unspecified atom stereocenters. The van der Waals surface area contributed by atoms with Gasteiger partial charge in [-0.15, -0.1) is 11.3 Å². The summed E-state index contributed by atoms with van der Waals surface area (Å²) >= 11 is 1.51. The quantitative estimate of drug-likeness (QED) is 0.655. The topological polar surface area (TPSA) is 76.5 Å². The van der Waals surface area contributed by atoms with Gasteiger partial charge < -0.3 is 9.84 Å². The van der Waals surface area contributed by atoms with Gasteiger partial charge in [-0.1, -0.05) is 31.2 Å². The number of ether oxygens (including phenoxy) is 1. The number of thiazole rings is 1. The summed E-state index contributed by atoms with van der Waals surface area (Å²) in [5.74, 6) is 0.143. The van der Waals surface area contributed by atoms with Crippen molar-refractivity contribution >= 4 is 28.7 Å². The Kier molecular flexibility index (Phi) is 6.58. The Hall–Kier alpha value is -2.31. The number of esters is 1. The molecule has 1 N–H and O–H groups in total. The molecule has 5 nitrogen and oxygen atoms in total. The van der Waals surface area contributed by atoms with E-state index in [9.17, 15) is 14.7 Å². The number of carbonyl (C=O) groups is 2. The number of Topliss-reactive ketones (excluding diaryl/α,β-unsaturated/α-hetero) is 1. The standard InChI is InChI=1S/C24H29NO4S/c1-6-16-11-12-18(27)19(21(16)29-23(28)24(3,4)5)20-14(2)30-22(25-20)17-9-7-15(13-26)8-10-17/h7-10,16,26H,6,11-13H2,1-5H3/t16-/m1/s1. The van der Waals surface area contributed by atoms with Crippen LogP contribution in [-0.4, -0.2) is 21.8 Å². The average molecular weight is 428 g/mol. The van der Waals surface area contributed by atoms with Crippen LogP contribution in [0.3, 0.4) is 0 Å². The predicted molar refractivity (Wildman–Crippen MR) is 119 cm³/mol. The van der Waals surface area contributed by atoms with Crippen LogP contribution >= 0.6 is 11.3 Å². The van der Waals surface area contributed by atoms with Gasteiger partial charge in [0.2, 0.25) is 0 Å². The van der Waals surface area contributed by atoms with Crippen molar-refractivity contribution in [2.24, 2.45) is 11.3 Å². The van der Waals surface area contributed by atoms with Crippen molar-refractivity contribution in [1.82, 2.24) is 4.98 Å². The number of aliphatic hydroxyl groups excluding tert-OH is 1. The smallest absolute Gasteiger partial charge is 0.316 e. The van der Waals surface area contributed by atoms with Crippen LogP contribution in [0, 0.1) is 18.3 Å². The SMILES string of the molecule is CC[C@@H]1CCC(=O)C(c2nc(-c3ccc(CO)cc3)sc2C)=C1OC(=O)C(C)(C)C. The van der Waals surface area contributed by atoms with Crippen LogP contribution in [0.1, 0.15) is 63.1 Å². The number of allylic oxidation sites excluding steroid dienone is 2. The van der Waals surface area contributed by atoms with Gasteiger partial charge in [-0.3, -0.25) is 9.59 Å². The highest BCUT2D eigenvalue weighted by atomic mass is 32.1. The van der Waals surface area contributed by atoms with Crippen LogP contribution < -0.4 is 0 Å². The van der Waals surface area contributed by atoms with Gasteiger partial charge in [0.1, 0.15) is 10.8 Å². The van der Waals surface area contributed by atoms with Gasteiger partial charge in [0, 0.05) is 22.8 Å². The van der Waals surface area contributed by atoms with Crippen molar-refractivity contribution in [3.8, 4) is 10.6 Å². The molecular formula is C24H29NO4S. The van der Waals surface area contributed by atoms with Gasteiger partial charge >= 0.3 is 5.97 Å². The van der Waals surface area contributed by atoms with E-state index in [4.69, 9.17) is 9.72 Å². The van der Waals surface area contributed by atoms with E-state index in [1.54, 1.807) is 0 Å². The molecule has 1 aromatic heterocycles. The molecule has 0 amide bonds. The van der Waals surface area contributed by atoms with Crippen molar-refractivity contribution in [3.05, 3.63) is 46.2 Å². The van der Waals surface area contributed by atoms with E-state index in [0.717, 1.165) is 27.4 Å². The minimum Gasteiger partial charge on any atom is -0.430 e. The monoisotopic (exact) mass is 427 g/mol. The average Bonchev–Trinajstić information content (AvgIpc) is 3.09. The highest BCUT2D eigenvalue weighted by molar-refractivity contribution is 7.15. The molecule has 0 fully saturated rings. The van der Waals surface area contributed by atoms with E-state index in [0.29, 0.717) is 29.9 Å². The Bertz CT molecular complexity index is 980. The Labute approximate surface area is 181 Å². The van der Waals surface area contributed by atoms with E-state index >= 15 is 0 Å².